The van der Waals surface area contributed by atoms with Gasteiger partial charge in [-0.25, -0.2) is 4.79 Å². The molecule has 0 aromatic heterocycles. The predicted octanol–water partition coefficient (Wildman–Crippen LogP) is 1.68. The number of likely N-dealkylation sites (tertiary alicyclic amines) is 1. The normalized spacial score (nSPS) is 18.2. The van der Waals surface area contributed by atoms with Crippen LogP contribution in [0, 0.1) is 0 Å². The van der Waals surface area contributed by atoms with Crippen LogP contribution in [0.3, 0.4) is 0 Å². The molecule has 0 bridgehead atoms. The number of likely N-dealkylation sites (N-methyl/N-ethyl adjacent to an activating group) is 1. The van der Waals surface area contributed by atoms with Crippen molar-refractivity contribution in [2.75, 3.05) is 27.2 Å². The number of esters is 1. The first-order valence-electron chi connectivity index (χ1n) is 5.76. The molecule has 0 aliphatic carbocycles. The number of halogens is 1. The first-order chi connectivity index (χ1) is 8.52. The number of aliphatic hydroxyl groups is 1. The van der Waals surface area contributed by atoms with Gasteiger partial charge in [0.2, 0.25) is 0 Å². The molecule has 18 heavy (non-hydrogen) atoms. The standard InChI is InChI=1S/C13H16BrNO3/c1-15-6-9(7-15)10-4-3-8(5-11(10)14)12(16)13(17)18-2/h3-5,9,12,16H,6-7H2,1-2H3. The Kier molecular flexibility index (Phi) is 4.04. The maximum Gasteiger partial charge on any atom is 0.339 e. The first kappa shape index (κ1) is 13.5. The molecule has 1 fully saturated rings. The molecule has 1 aromatic carbocycles. The maximum absolute atomic E-state index is 11.3. The molecular formula is C13H16BrNO3. The minimum Gasteiger partial charge on any atom is -0.467 e. The molecule has 1 N–H and O–H groups in total. The molecule has 1 atom stereocenters. The average Bonchev–Trinajstić information content (AvgIpc) is 2.33. The Morgan fingerprint density at radius 3 is 2.72 bits per heavy atom. The number of methoxy groups -OCH3 is 1. The van der Waals surface area contributed by atoms with E-state index in [1.54, 1.807) is 12.1 Å². The highest BCUT2D eigenvalue weighted by Gasteiger charge is 2.27. The lowest BCUT2D eigenvalue weighted by Crippen LogP contribution is -2.41. The lowest BCUT2D eigenvalue weighted by molar-refractivity contribution is -0.150. The highest BCUT2D eigenvalue weighted by atomic mass is 79.9. The van der Waals surface area contributed by atoms with Gasteiger partial charge in [0.1, 0.15) is 0 Å². The molecule has 0 radical (unpaired) electrons. The lowest BCUT2D eigenvalue weighted by Gasteiger charge is -2.37. The van der Waals surface area contributed by atoms with Gasteiger partial charge in [-0.3, -0.25) is 0 Å². The van der Waals surface area contributed by atoms with Crippen LogP contribution in [0.1, 0.15) is 23.1 Å². The first-order valence-corrected chi connectivity index (χ1v) is 6.56. The van der Waals surface area contributed by atoms with Crippen molar-refractivity contribution in [2.24, 2.45) is 0 Å². The fraction of sp³-hybridized carbons (Fsp3) is 0.462. The van der Waals surface area contributed by atoms with Crippen LogP contribution in [0.4, 0.5) is 0 Å². The Balaban J connectivity index is 2.17. The highest BCUT2D eigenvalue weighted by Crippen LogP contribution is 2.33. The molecule has 1 heterocycles. The highest BCUT2D eigenvalue weighted by molar-refractivity contribution is 9.10. The molecule has 98 valence electrons. The summed E-state index contributed by atoms with van der Waals surface area (Å²) in [6.45, 7) is 2.08. The quantitative estimate of drug-likeness (QED) is 0.863. The van der Waals surface area contributed by atoms with Crippen LogP contribution >= 0.6 is 15.9 Å². The molecule has 0 amide bonds. The smallest absolute Gasteiger partial charge is 0.339 e. The minimum absolute atomic E-state index is 0.522. The molecule has 2 rings (SSSR count). The summed E-state index contributed by atoms with van der Waals surface area (Å²) in [5, 5.41) is 9.75. The zero-order valence-electron chi connectivity index (χ0n) is 10.4. The fourth-order valence-corrected chi connectivity index (χ4v) is 2.91. The number of aliphatic hydroxyl groups excluding tert-OH is 1. The summed E-state index contributed by atoms with van der Waals surface area (Å²) in [6, 6.07) is 5.53. The van der Waals surface area contributed by atoms with Gasteiger partial charge in [-0.05, 0) is 24.2 Å². The third-order valence-electron chi connectivity index (χ3n) is 3.27. The summed E-state index contributed by atoms with van der Waals surface area (Å²) >= 11 is 3.50. The van der Waals surface area contributed by atoms with E-state index in [0.29, 0.717) is 11.5 Å². The molecule has 1 aliphatic rings. The second-order valence-electron chi connectivity index (χ2n) is 4.62. The van der Waals surface area contributed by atoms with E-state index < -0.39 is 12.1 Å². The van der Waals surface area contributed by atoms with Gasteiger partial charge in [-0.1, -0.05) is 28.1 Å². The van der Waals surface area contributed by atoms with Gasteiger partial charge >= 0.3 is 5.97 Å². The van der Waals surface area contributed by atoms with Crippen LogP contribution in [0.2, 0.25) is 0 Å². The Morgan fingerprint density at radius 2 is 2.22 bits per heavy atom. The number of benzene rings is 1. The van der Waals surface area contributed by atoms with Crippen LogP contribution in [0.15, 0.2) is 22.7 Å². The summed E-state index contributed by atoms with van der Waals surface area (Å²) in [4.78, 5) is 13.5. The molecule has 1 aromatic rings. The van der Waals surface area contributed by atoms with E-state index in [1.165, 1.54) is 12.7 Å². The number of rotatable bonds is 3. The lowest BCUT2D eigenvalue weighted by atomic mass is 9.91. The summed E-state index contributed by atoms with van der Waals surface area (Å²) in [5.74, 6) is -0.119. The molecular weight excluding hydrogens is 298 g/mol. The van der Waals surface area contributed by atoms with Crippen molar-refractivity contribution in [1.29, 1.82) is 0 Å². The minimum atomic E-state index is -1.22. The van der Waals surface area contributed by atoms with Gasteiger partial charge in [-0.2, -0.15) is 0 Å². The van der Waals surface area contributed by atoms with Gasteiger partial charge in [0.05, 0.1) is 7.11 Å². The summed E-state index contributed by atoms with van der Waals surface area (Å²) in [5.41, 5.74) is 1.76. The van der Waals surface area contributed by atoms with Crippen molar-refractivity contribution < 1.29 is 14.6 Å². The van der Waals surface area contributed by atoms with Crippen molar-refractivity contribution in [3.63, 3.8) is 0 Å². The Hall–Kier alpha value is -0.910. The van der Waals surface area contributed by atoms with E-state index in [4.69, 9.17) is 0 Å². The van der Waals surface area contributed by atoms with Crippen LogP contribution in [0.25, 0.3) is 0 Å². The summed E-state index contributed by atoms with van der Waals surface area (Å²) in [7, 11) is 3.35. The Morgan fingerprint density at radius 1 is 1.56 bits per heavy atom. The maximum atomic E-state index is 11.3. The van der Waals surface area contributed by atoms with Gasteiger partial charge in [0.15, 0.2) is 6.10 Å². The topological polar surface area (TPSA) is 49.8 Å². The van der Waals surface area contributed by atoms with Crippen LogP contribution in [-0.2, 0) is 9.53 Å². The zero-order valence-corrected chi connectivity index (χ0v) is 12.0. The molecule has 5 heteroatoms. The van der Waals surface area contributed by atoms with Crippen LogP contribution in [-0.4, -0.2) is 43.2 Å². The number of hydrogen-bond donors (Lipinski definition) is 1. The Labute approximate surface area is 115 Å². The predicted molar refractivity (Wildman–Crippen MR) is 71.4 cm³/mol. The number of hydrogen-bond acceptors (Lipinski definition) is 4. The largest absolute Gasteiger partial charge is 0.467 e. The molecule has 0 spiro atoms. The van der Waals surface area contributed by atoms with Crippen molar-refractivity contribution >= 4 is 21.9 Å². The van der Waals surface area contributed by atoms with E-state index >= 15 is 0 Å². The van der Waals surface area contributed by atoms with Crippen molar-refractivity contribution in [2.45, 2.75) is 12.0 Å². The average molecular weight is 314 g/mol. The van der Waals surface area contributed by atoms with E-state index in [-0.39, 0.29) is 0 Å². The van der Waals surface area contributed by atoms with E-state index in [1.807, 2.05) is 6.07 Å². The molecule has 1 aliphatic heterocycles. The van der Waals surface area contributed by atoms with E-state index in [2.05, 4.69) is 32.6 Å². The molecule has 0 saturated carbocycles. The summed E-state index contributed by atoms with van der Waals surface area (Å²) in [6.07, 6.45) is -1.22. The monoisotopic (exact) mass is 313 g/mol. The van der Waals surface area contributed by atoms with Gasteiger partial charge < -0.3 is 14.7 Å². The van der Waals surface area contributed by atoms with Crippen molar-refractivity contribution in [3.05, 3.63) is 33.8 Å². The van der Waals surface area contributed by atoms with Crippen molar-refractivity contribution in [3.8, 4) is 0 Å². The molecule has 1 saturated heterocycles. The van der Waals surface area contributed by atoms with Crippen LogP contribution < -0.4 is 0 Å². The SMILES string of the molecule is COC(=O)C(O)c1ccc(C2CN(C)C2)c(Br)c1. The second-order valence-corrected chi connectivity index (χ2v) is 5.48. The van der Waals surface area contributed by atoms with Gasteiger partial charge in [0.25, 0.3) is 0 Å². The second kappa shape index (κ2) is 5.38. The van der Waals surface area contributed by atoms with Gasteiger partial charge in [-0.15, -0.1) is 0 Å². The number of nitrogens with zero attached hydrogens (tertiary/aromatic N) is 1. The number of ether oxygens (including phenoxy) is 1. The molecule has 4 nitrogen and oxygen atoms in total. The van der Waals surface area contributed by atoms with E-state index in [9.17, 15) is 9.90 Å². The van der Waals surface area contributed by atoms with Crippen LogP contribution in [0.5, 0.6) is 0 Å². The van der Waals surface area contributed by atoms with Crippen molar-refractivity contribution in [1.82, 2.24) is 4.90 Å². The number of carbonyl (C=O) groups is 1. The molecule has 1 unspecified atom stereocenters. The number of carbonyl (C=O) groups excluding carboxylic acids is 1. The summed E-state index contributed by atoms with van der Waals surface area (Å²) < 4.78 is 5.45. The third-order valence-corrected chi connectivity index (χ3v) is 3.96. The van der Waals surface area contributed by atoms with E-state index in [0.717, 1.165) is 17.6 Å². The Bertz CT molecular complexity index is 458. The van der Waals surface area contributed by atoms with Gasteiger partial charge in [0, 0.05) is 23.5 Å². The zero-order chi connectivity index (χ0) is 13.3. The fourth-order valence-electron chi connectivity index (χ4n) is 2.19. The third kappa shape index (κ3) is 2.58.